The van der Waals surface area contributed by atoms with E-state index in [1.165, 1.54) is 19.4 Å². The molecule has 0 radical (unpaired) electrons. The SMILES string of the molecule is CNC(=O)c1ccc(-c2nn([C@H]3C[C@@H]4CN[C@H]3C4)c3ncnc(N)c23)c(F)c1.Cl. The topological polar surface area (TPSA) is 111 Å². The van der Waals surface area contributed by atoms with Gasteiger partial charge in [-0.05, 0) is 43.5 Å². The molecule has 0 unspecified atom stereocenters. The molecule has 0 spiro atoms. The summed E-state index contributed by atoms with van der Waals surface area (Å²) in [6.45, 7) is 1.03. The molecule has 10 heteroatoms. The second kappa shape index (κ2) is 7.23. The van der Waals surface area contributed by atoms with Crippen LogP contribution in [0.4, 0.5) is 10.2 Å². The number of rotatable bonds is 3. The average molecular weight is 418 g/mol. The van der Waals surface area contributed by atoms with E-state index in [9.17, 15) is 9.18 Å². The fraction of sp³-hybridized carbons (Fsp3) is 0.368. The Hall–Kier alpha value is -2.78. The Morgan fingerprint density at radius 1 is 1.34 bits per heavy atom. The van der Waals surface area contributed by atoms with E-state index < -0.39 is 5.82 Å². The molecule has 5 rings (SSSR count). The van der Waals surface area contributed by atoms with Crippen LogP contribution in [0.15, 0.2) is 24.5 Å². The van der Waals surface area contributed by atoms with Crippen LogP contribution in [-0.2, 0) is 0 Å². The first-order valence-electron chi connectivity index (χ1n) is 9.31. The summed E-state index contributed by atoms with van der Waals surface area (Å²) < 4.78 is 16.8. The minimum atomic E-state index is -0.540. The lowest BCUT2D eigenvalue weighted by Gasteiger charge is -2.23. The summed E-state index contributed by atoms with van der Waals surface area (Å²) in [6.07, 6.45) is 3.53. The zero-order valence-electron chi connectivity index (χ0n) is 15.7. The summed E-state index contributed by atoms with van der Waals surface area (Å²) in [5.41, 5.74) is 7.65. The van der Waals surface area contributed by atoms with Gasteiger partial charge in [0.1, 0.15) is 23.7 Å². The smallest absolute Gasteiger partial charge is 0.251 e. The molecule has 2 aliphatic rings. The van der Waals surface area contributed by atoms with Crippen molar-refractivity contribution in [3.63, 3.8) is 0 Å². The van der Waals surface area contributed by atoms with E-state index in [-0.39, 0.29) is 41.3 Å². The molecule has 2 bridgehead atoms. The highest BCUT2D eigenvalue weighted by Gasteiger charge is 2.42. The van der Waals surface area contributed by atoms with E-state index in [0.717, 1.165) is 19.4 Å². The van der Waals surface area contributed by atoms with Crippen molar-refractivity contribution >= 4 is 35.2 Å². The maximum Gasteiger partial charge on any atom is 0.251 e. The molecule has 1 aliphatic heterocycles. The molecule has 1 saturated carbocycles. The maximum atomic E-state index is 14.9. The molecule has 1 aromatic carbocycles. The van der Waals surface area contributed by atoms with E-state index in [1.54, 1.807) is 12.1 Å². The molecule has 29 heavy (non-hydrogen) atoms. The Morgan fingerprint density at radius 3 is 2.83 bits per heavy atom. The van der Waals surface area contributed by atoms with E-state index in [0.29, 0.717) is 28.7 Å². The van der Waals surface area contributed by atoms with Gasteiger partial charge in [0, 0.05) is 24.2 Å². The van der Waals surface area contributed by atoms with E-state index >= 15 is 0 Å². The first-order chi connectivity index (χ1) is 13.6. The number of nitrogens with zero attached hydrogens (tertiary/aromatic N) is 4. The Labute approximate surface area is 172 Å². The molecule has 1 amide bonds. The predicted molar refractivity (Wildman–Crippen MR) is 109 cm³/mol. The van der Waals surface area contributed by atoms with E-state index in [2.05, 4.69) is 20.6 Å². The number of hydrogen-bond acceptors (Lipinski definition) is 6. The molecule has 8 nitrogen and oxygen atoms in total. The summed E-state index contributed by atoms with van der Waals surface area (Å²) in [6, 6.07) is 4.81. The van der Waals surface area contributed by atoms with Gasteiger partial charge >= 0.3 is 0 Å². The van der Waals surface area contributed by atoms with Crippen LogP contribution in [0.1, 0.15) is 29.2 Å². The second-order valence-electron chi connectivity index (χ2n) is 7.44. The van der Waals surface area contributed by atoms with Crippen molar-refractivity contribution in [2.24, 2.45) is 5.92 Å². The normalized spacial score (nSPS) is 22.6. The van der Waals surface area contributed by atoms with Crippen LogP contribution in [0.5, 0.6) is 0 Å². The van der Waals surface area contributed by atoms with Crippen LogP contribution >= 0.6 is 12.4 Å². The number of piperidine rings is 1. The van der Waals surface area contributed by atoms with E-state index in [1.807, 2.05) is 4.68 Å². The zero-order valence-corrected chi connectivity index (χ0v) is 16.5. The monoisotopic (exact) mass is 417 g/mol. The van der Waals surface area contributed by atoms with Gasteiger partial charge in [-0.25, -0.2) is 19.0 Å². The van der Waals surface area contributed by atoms with Crippen molar-refractivity contribution in [2.75, 3.05) is 19.3 Å². The minimum absolute atomic E-state index is 0. The number of anilines is 1. The third-order valence-corrected chi connectivity index (χ3v) is 5.84. The van der Waals surface area contributed by atoms with E-state index in [4.69, 9.17) is 10.8 Å². The summed E-state index contributed by atoms with van der Waals surface area (Å²) in [5, 5.41) is 11.3. The molecular formula is C19H21ClFN7O. The lowest BCUT2D eigenvalue weighted by atomic mass is 10.1. The van der Waals surface area contributed by atoms with Gasteiger partial charge in [-0.2, -0.15) is 5.10 Å². The number of nitrogens with one attached hydrogen (secondary N) is 2. The Kier molecular flexibility index (Phi) is 4.87. The molecule has 2 aromatic heterocycles. The number of hydrogen-bond donors (Lipinski definition) is 3. The highest BCUT2D eigenvalue weighted by Crippen LogP contribution is 2.42. The Morgan fingerprint density at radius 2 is 2.17 bits per heavy atom. The first-order valence-corrected chi connectivity index (χ1v) is 9.31. The molecule has 3 atom stereocenters. The van der Waals surface area contributed by atoms with Crippen molar-refractivity contribution in [3.8, 4) is 11.3 Å². The van der Waals surface area contributed by atoms with Crippen LogP contribution < -0.4 is 16.4 Å². The van der Waals surface area contributed by atoms with Gasteiger partial charge in [-0.3, -0.25) is 4.79 Å². The first kappa shape index (κ1) is 19.5. The van der Waals surface area contributed by atoms with Crippen molar-refractivity contribution in [3.05, 3.63) is 35.9 Å². The third-order valence-electron chi connectivity index (χ3n) is 5.84. The number of nitrogens with two attached hydrogens (primary N) is 1. The van der Waals surface area contributed by atoms with Crippen LogP contribution in [0.3, 0.4) is 0 Å². The zero-order chi connectivity index (χ0) is 19.4. The number of aromatic nitrogens is 4. The Bertz CT molecular complexity index is 1100. The van der Waals surface area contributed by atoms with Crippen LogP contribution in [0.25, 0.3) is 22.3 Å². The quantitative estimate of drug-likeness (QED) is 0.600. The number of nitrogen functional groups attached to an aromatic ring is 1. The molecule has 4 N–H and O–H groups in total. The number of carbonyl (C=O) groups is 1. The van der Waals surface area contributed by atoms with Crippen LogP contribution in [0.2, 0.25) is 0 Å². The average Bonchev–Trinajstić information content (AvgIpc) is 3.41. The van der Waals surface area contributed by atoms with Crippen LogP contribution in [0, 0.1) is 11.7 Å². The number of amides is 1. The second-order valence-corrected chi connectivity index (χ2v) is 7.44. The maximum absolute atomic E-state index is 14.9. The third kappa shape index (κ3) is 3.01. The number of halogens is 2. The minimum Gasteiger partial charge on any atom is -0.383 e. The fourth-order valence-corrected chi connectivity index (χ4v) is 4.50. The summed E-state index contributed by atoms with van der Waals surface area (Å²) in [5.74, 6) is -0.00341. The Balaban J connectivity index is 0.00000205. The van der Waals surface area contributed by atoms with Gasteiger partial charge in [0.05, 0.1) is 11.4 Å². The molecule has 1 saturated heterocycles. The lowest BCUT2D eigenvalue weighted by Crippen LogP contribution is -2.35. The van der Waals surface area contributed by atoms with Crippen molar-refractivity contribution < 1.29 is 9.18 Å². The molecule has 1 aliphatic carbocycles. The van der Waals surface area contributed by atoms with Gasteiger partial charge in [0.25, 0.3) is 5.91 Å². The molecule has 2 fully saturated rings. The lowest BCUT2D eigenvalue weighted by molar-refractivity contribution is 0.0962. The van der Waals surface area contributed by atoms with Gasteiger partial charge in [0.2, 0.25) is 0 Å². The number of benzene rings is 1. The number of carbonyl (C=O) groups excluding carboxylic acids is 1. The largest absolute Gasteiger partial charge is 0.383 e. The molecule has 3 aromatic rings. The summed E-state index contributed by atoms with van der Waals surface area (Å²) in [7, 11) is 1.50. The van der Waals surface area contributed by atoms with Gasteiger partial charge in [0.15, 0.2) is 5.65 Å². The predicted octanol–water partition coefficient (Wildman–Crippen LogP) is 1.92. The molecular weight excluding hydrogens is 397 g/mol. The van der Waals surface area contributed by atoms with Crippen molar-refractivity contribution in [2.45, 2.75) is 24.9 Å². The fourth-order valence-electron chi connectivity index (χ4n) is 4.50. The molecule has 3 heterocycles. The number of fused-ring (bicyclic) bond motifs is 3. The van der Waals surface area contributed by atoms with Gasteiger partial charge < -0.3 is 16.4 Å². The highest BCUT2D eigenvalue weighted by atomic mass is 35.5. The highest BCUT2D eigenvalue weighted by molar-refractivity contribution is 5.99. The van der Waals surface area contributed by atoms with Crippen molar-refractivity contribution in [1.82, 2.24) is 30.4 Å². The summed E-state index contributed by atoms with van der Waals surface area (Å²) in [4.78, 5) is 20.3. The van der Waals surface area contributed by atoms with Gasteiger partial charge in [-0.1, -0.05) is 0 Å². The van der Waals surface area contributed by atoms with Crippen LogP contribution in [-0.4, -0.2) is 45.3 Å². The summed E-state index contributed by atoms with van der Waals surface area (Å²) >= 11 is 0. The standard InChI is InChI=1S/C19H20FN7O.ClH/c1-22-19(28)10-2-3-11(12(20)6-10)16-15-17(21)24-8-25-18(15)27(26-16)14-5-9-4-13(14)23-7-9;/h2-3,6,8-9,13-14,23H,4-5,7H2,1H3,(H,22,28)(H2,21,24,25);1H/t9-,13+,14+;/m1./s1. The van der Waals surface area contributed by atoms with Crippen molar-refractivity contribution in [1.29, 1.82) is 0 Å². The van der Waals surface area contributed by atoms with Gasteiger partial charge in [-0.15, -0.1) is 12.4 Å². The molecule has 152 valence electrons.